The number of rotatable bonds is 3. The van der Waals surface area contributed by atoms with Gasteiger partial charge in [-0.2, -0.15) is 18.4 Å². The Labute approximate surface area is 224 Å². The van der Waals surface area contributed by atoms with E-state index in [1.807, 2.05) is 13.8 Å². The summed E-state index contributed by atoms with van der Waals surface area (Å²) in [6, 6.07) is 5.27. The summed E-state index contributed by atoms with van der Waals surface area (Å²) >= 11 is 0. The van der Waals surface area contributed by atoms with E-state index in [2.05, 4.69) is 25.8 Å². The molecule has 2 saturated heterocycles. The summed E-state index contributed by atoms with van der Waals surface area (Å²) in [4.78, 5) is 33.1. The highest BCUT2D eigenvalue weighted by Crippen LogP contribution is 2.56. The predicted molar refractivity (Wildman–Crippen MR) is 135 cm³/mol. The van der Waals surface area contributed by atoms with Crippen molar-refractivity contribution in [2.75, 3.05) is 36.0 Å². The average Bonchev–Trinajstić information content (AvgIpc) is 3.53. The SMILES string of the molecule is C[C@@H]1CN(c2ncnc3c2C2(CCC2)CN3c2cc(C#N)ccn2)[C@@H](C)CN1C(=O)[C@H]1C[C@H](C(F)(F)F)CO1. The molecule has 3 aliphatic heterocycles. The van der Waals surface area contributed by atoms with Crippen LogP contribution in [0, 0.1) is 17.2 Å². The largest absolute Gasteiger partial charge is 0.394 e. The van der Waals surface area contributed by atoms with E-state index in [4.69, 9.17) is 9.72 Å². The van der Waals surface area contributed by atoms with Crippen LogP contribution in [0.3, 0.4) is 0 Å². The molecule has 0 unspecified atom stereocenters. The minimum absolute atomic E-state index is 0.115. The summed E-state index contributed by atoms with van der Waals surface area (Å²) < 4.78 is 44.8. The Bertz CT molecular complexity index is 1330. The summed E-state index contributed by atoms with van der Waals surface area (Å²) in [7, 11) is 0. The lowest BCUT2D eigenvalue weighted by molar-refractivity contribution is -0.173. The number of anilines is 3. The Morgan fingerprint density at radius 2 is 1.92 bits per heavy atom. The second kappa shape index (κ2) is 9.33. The van der Waals surface area contributed by atoms with E-state index in [1.54, 1.807) is 29.6 Å². The molecule has 1 spiro atoms. The van der Waals surface area contributed by atoms with Gasteiger partial charge in [0.1, 0.15) is 29.9 Å². The summed E-state index contributed by atoms with van der Waals surface area (Å²) in [5.74, 6) is 0.319. The van der Waals surface area contributed by atoms with E-state index in [9.17, 15) is 23.2 Å². The fraction of sp³-hybridized carbons (Fsp3) is 0.593. The van der Waals surface area contributed by atoms with Gasteiger partial charge < -0.3 is 19.4 Å². The lowest BCUT2D eigenvalue weighted by Gasteiger charge is -2.47. The lowest BCUT2D eigenvalue weighted by Crippen LogP contribution is -2.60. The second-order valence-corrected chi connectivity index (χ2v) is 11.3. The van der Waals surface area contributed by atoms with Gasteiger partial charge in [0.15, 0.2) is 0 Å². The topological polar surface area (TPSA) is 98.5 Å². The average molecular weight is 542 g/mol. The molecule has 12 heteroatoms. The number of ether oxygens (including phenoxy) is 1. The van der Waals surface area contributed by atoms with Crippen LogP contribution >= 0.6 is 0 Å². The number of carbonyl (C=O) groups is 1. The van der Waals surface area contributed by atoms with E-state index in [1.165, 1.54) is 0 Å². The maximum Gasteiger partial charge on any atom is 0.394 e. The monoisotopic (exact) mass is 541 g/mol. The van der Waals surface area contributed by atoms with Gasteiger partial charge in [0.2, 0.25) is 0 Å². The predicted octanol–water partition coefficient (Wildman–Crippen LogP) is 3.71. The maximum atomic E-state index is 13.2. The third-order valence-electron chi connectivity index (χ3n) is 8.79. The van der Waals surface area contributed by atoms with Crippen LogP contribution in [0.4, 0.5) is 30.6 Å². The van der Waals surface area contributed by atoms with Gasteiger partial charge in [-0.25, -0.2) is 15.0 Å². The number of nitrogens with zero attached hydrogens (tertiary/aromatic N) is 7. The van der Waals surface area contributed by atoms with Crippen molar-refractivity contribution in [3.8, 4) is 6.07 Å². The van der Waals surface area contributed by atoms with Crippen molar-refractivity contribution < 1.29 is 22.7 Å². The number of aromatic nitrogens is 3. The van der Waals surface area contributed by atoms with Crippen LogP contribution in [0.2, 0.25) is 0 Å². The van der Waals surface area contributed by atoms with Gasteiger partial charge in [0, 0.05) is 48.9 Å². The number of nitriles is 1. The number of piperazine rings is 1. The third-order valence-corrected chi connectivity index (χ3v) is 8.79. The fourth-order valence-electron chi connectivity index (χ4n) is 6.50. The van der Waals surface area contributed by atoms with Gasteiger partial charge in [-0.3, -0.25) is 4.79 Å². The Balaban J connectivity index is 1.27. The molecule has 1 aliphatic carbocycles. The number of hydrogen-bond donors (Lipinski definition) is 0. The molecule has 3 fully saturated rings. The first-order chi connectivity index (χ1) is 18.6. The zero-order chi connectivity index (χ0) is 27.5. The van der Waals surface area contributed by atoms with Crippen molar-refractivity contribution in [3.63, 3.8) is 0 Å². The Kier molecular flexibility index (Phi) is 6.17. The number of hydrogen-bond acceptors (Lipinski definition) is 8. The Morgan fingerprint density at radius 1 is 1.15 bits per heavy atom. The molecule has 2 aromatic heterocycles. The maximum absolute atomic E-state index is 13.2. The molecule has 0 bridgehead atoms. The van der Waals surface area contributed by atoms with Gasteiger partial charge in [-0.15, -0.1) is 0 Å². The molecular weight excluding hydrogens is 511 g/mol. The third kappa shape index (κ3) is 4.27. The first-order valence-corrected chi connectivity index (χ1v) is 13.4. The molecule has 0 N–H and O–H groups in total. The van der Waals surface area contributed by atoms with Gasteiger partial charge in [-0.1, -0.05) is 6.42 Å². The van der Waals surface area contributed by atoms with Crippen LogP contribution in [0.1, 0.15) is 50.7 Å². The highest BCUT2D eigenvalue weighted by molar-refractivity contribution is 5.82. The Hall–Kier alpha value is -3.46. The molecule has 39 heavy (non-hydrogen) atoms. The standard InChI is InChI=1S/C27H30F3N7O2/c1-16-12-36(25(38)20-9-19(13-39-20)27(28,29)30)17(2)11-35(16)23-22-24(34-15-33-23)37(14-26(22)5-3-6-26)21-8-18(10-31)4-7-32-21/h4,7-8,15-17,19-20H,3,5-6,9,11-14H2,1-2H3/t16-,17+,19-,20+/m0/s1. The molecular formula is C27H30F3N7O2. The second-order valence-electron chi connectivity index (χ2n) is 11.3. The van der Waals surface area contributed by atoms with Crippen LogP contribution in [0.5, 0.6) is 0 Å². The highest BCUT2D eigenvalue weighted by atomic mass is 19.4. The molecule has 206 valence electrons. The van der Waals surface area contributed by atoms with E-state index in [0.29, 0.717) is 31.0 Å². The number of alkyl halides is 3. The first-order valence-electron chi connectivity index (χ1n) is 13.4. The van der Waals surface area contributed by atoms with E-state index in [0.717, 1.165) is 36.5 Å². The van der Waals surface area contributed by atoms with Crippen molar-refractivity contribution in [1.29, 1.82) is 5.26 Å². The lowest BCUT2D eigenvalue weighted by atomic mass is 9.66. The minimum Gasteiger partial charge on any atom is -0.368 e. The number of halogens is 3. The molecule has 6 rings (SSSR count). The molecule has 4 aliphatic rings. The smallest absolute Gasteiger partial charge is 0.368 e. The highest BCUT2D eigenvalue weighted by Gasteiger charge is 2.52. The van der Waals surface area contributed by atoms with Gasteiger partial charge in [0.05, 0.1) is 24.2 Å². The van der Waals surface area contributed by atoms with Crippen LogP contribution in [-0.4, -0.2) is 76.4 Å². The molecule has 4 atom stereocenters. The number of carbonyl (C=O) groups excluding carboxylic acids is 1. The van der Waals surface area contributed by atoms with Crippen LogP contribution in [-0.2, 0) is 14.9 Å². The van der Waals surface area contributed by atoms with Crippen molar-refractivity contribution in [2.24, 2.45) is 5.92 Å². The summed E-state index contributed by atoms with van der Waals surface area (Å²) in [5.41, 5.74) is 1.49. The van der Waals surface area contributed by atoms with Crippen molar-refractivity contribution in [1.82, 2.24) is 19.9 Å². The van der Waals surface area contributed by atoms with Gasteiger partial charge in [0.25, 0.3) is 5.91 Å². The number of amides is 1. The summed E-state index contributed by atoms with van der Waals surface area (Å²) in [6.45, 7) is 5.00. The summed E-state index contributed by atoms with van der Waals surface area (Å²) in [6.07, 6.45) is 0.510. The minimum atomic E-state index is -4.36. The zero-order valence-electron chi connectivity index (χ0n) is 21.9. The van der Waals surface area contributed by atoms with Gasteiger partial charge >= 0.3 is 6.18 Å². The van der Waals surface area contributed by atoms with Crippen LogP contribution in [0.15, 0.2) is 24.7 Å². The normalized spacial score (nSPS) is 27.8. The molecule has 0 aromatic carbocycles. The fourth-order valence-corrected chi connectivity index (χ4v) is 6.50. The van der Waals surface area contributed by atoms with Crippen LogP contribution in [0.25, 0.3) is 0 Å². The van der Waals surface area contributed by atoms with E-state index in [-0.39, 0.29) is 29.8 Å². The molecule has 1 amide bonds. The molecule has 0 radical (unpaired) electrons. The first kappa shape index (κ1) is 25.8. The molecule has 2 aromatic rings. The van der Waals surface area contributed by atoms with Gasteiger partial charge in [-0.05, 0) is 45.2 Å². The van der Waals surface area contributed by atoms with E-state index >= 15 is 0 Å². The number of fused-ring (bicyclic) bond motifs is 2. The molecule has 9 nitrogen and oxygen atoms in total. The van der Waals surface area contributed by atoms with E-state index < -0.39 is 24.8 Å². The Morgan fingerprint density at radius 3 is 2.59 bits per heavy atom. The molecule has 1 saturated carbocycles. The summed E-state index contributed by atoms with van der Waals surface area (Å²) in [5, 5.41) is 9.39. The number of pyridine rings is 1. The quantitative estimate of drug-likeness (QED) is 0.580. The van der Waals surface area contributed by atoms with Crippen molar-refractivity contribution in [2.45, 2.75) is 69.3 Å². The van der Waals surface area contributed by atoms with Crippen molar-refractivity contribution >= 4 is 23.4 Å². The zero-order valence-corrected chi connectivity index (χ0v) is 21.9. The van der Waals surface area contributed by atoms with Crippen molar-refractivity contribution in [3.05, 3.63) is 35.8 Å². The molecule has 5 heterocycles. The van der Waals surface area contributed by atoms with Crippen LogP contribution < -0.4 is 9.80 Å².